The highest BCUT2D eigenvalue weighted by molar-refractivity contribution is 7.07. The van der Waals surface area contributed by atoms with E-state index in [2.05, 4.69) is 22.1 Å². The molecule has 1 aliphatic rings. The summed E-state index contributed by atoms with van der Waals surface area (Å²) in [6.07, 6.45) is 5.22. The van der Waals surface area contributed by atoms with E-state index in [0.29, 0.717) is 0 Å². The van der Waals surface area contributed by atoms with Crippen LogP contribution in [0.3, 0.4) is 0 Å². The maximum absolute atomic E-state index is 5.97. The lowest BCUT2D eigenvalue weighted by Crippen LogP contribution is -2.27. The van der Waals surface area contributed by atoms with E-state index in [0.717, 1.165) is 37.2 Å². The Labute approximate surface area is 107 Å². The number of alkyl halides is 1. The van der Waals surface area contributed by atoms with Crippen LogP contribution >= 0.6 is 22.9 Å². The van der Waals surface area contributed by atoms with E-state index in [1.165, 1.54) is 24.8 Å². The van der Waals surface area contributed by atoms with Crippen LogP contribution in [0.1, 0.15) is 24.8 Å². The minimum atomic E-state index is 0.760. The van der Waals surface area contributed by atoms with Crippen LogP contribution in [0.2, 0.25) is 0 Å². The second-order valence-corrected chi connectivity index (χ2v) is 5.78. The van der Waals surface area contributed by atoms with E-state index < -0.39 is 0 Å². The third-order valence-electron chi connectivity index (χ3n) is 3.59. The van der Waals surface area contributed by atoms with Crippen molar-refractivity contribution in [2.45, 2.75) is 25.7 Å². The van der Waals surface area contributed by atoms with Crippen LogP contribution in [0.15, 0.2) is 16.8 Å². The highest BCUT2D eigenvalue weighted by Gasteiger charge is 2.25. The van der Waals surface area contributed by atoms with Crippen LogP contribution in [0.5, 0.6) is 0 Å². The summed E-state index contributed by atoms with van der Waals surface area (Å²) in [5, 5.41) is 7.96. The summed E-state index contributed by atoms with van der Waals surface area (Å²) >= 11 is 7.75. The lowest BCUT2D eigenvalue weighted by Gasteiger charge is -2.17. The minimum Gasteiger partial charge on any atom is -0.316 e. The minimum absolute atomic E-state index is 0.760. The van der Waals surface area contributed by atoms with Gasteiger partial charge in [0.05, 0.1) is 0 Å². The van der Waals surface area contributed by atoms with Gasteiger partial charge in [-0.25, -0.2) is 0 Å². The zero-order chi connectivity index (χ0) is 11.2. The summed E-state index contributed by atoms with van der Waals surface area (Å²) in [7, 11) is 0. The van der Waals surface area contributed by atoms with Gasteiger partial charge in [-0.05, 0) is 66.6 Å². The molecule has 0 radical (unpaired) electrons. The van der Waals surface area contributed by atoms with Crippen LogP contribution in [-0.4, -0.2) is 19.0 Å². The molecule has 1 N–H and O–H groups in total. The van der Waals surface area contributed by atoms with Gasteiger partial charge < -0.3 is 5.32 Å². The van der Waals surface area contributed by atoms with Crippen LogP contribution in [0, 0.1) is 11.8 Å². The summed E-state index contributed by atoms with van der Waals surface area (Å²) < 4.78 is 0. The third-order valence-corrected chi connectivity index (χ3v) is 4.72. The predicted octanol–water partition coefficient (Wildman–Crippen LogP) is 3.54. The Morgan fingerprint density at radius 2 is 2.25 bits per heavy atom. The normalized spacial score (nSPS) is 25.1. The zero-order valence-electron chi connectivity index (χ0n) is 9.62. The molecular formula is C13H20ClNS. The maximum atomic E-state index is 5.97. The number of rotatable bonds is 6. The van der Waals surface area contributed by atoms with Crippen molar-refractivity contribution in [2.75, 3.05) is 19.0 Å². The lowest BCUT2D eigenvalue weighted by molar-refractivity contribution is 0.397. The molecule has 16 heavy (non-hydrogen) atoms. The summed E-state index contributed by atoms with van der Waals surface area (Å²) in [4.78, 5) is 0. The van der Waals surface area contributed by atoms with Gasteiger partial charge in [-0.3, -0.25) is 0 Å². The van der Waals surface area contributed by atoms with E-state index in [1.54, 1.807) is 11.3 Å². The largest absolute Gasteiger partial charge is 0.316 e. The molecule has 1 aliphatic carbocycles. The van der Waals surface area contributed by atoms with Crippen molar-refractivity contribution >= 4 is 22.9 Å². The Bertz CT molecular complexity index is 286. The summed E-state index contributed by atoms with van der Waals surface area (Å²) in [6, 6.07) is 2.21. The molecule has 1 fully saturated rings. The molecule has 2 atom stereocenters. The van der Waals surface area contributed by atoms with Gasteiger partial charge in [-0.1, -0.05) is 6.42 Å². The molecule has 2 unspecified atom stereocenters. The van der Waals surface area contributed by atoms with Gasteiger partial charge in [0.1, 0.15) is 0 Å². The van der Waals surface area contributed by atoms with Crippen molar-refractivity contribution in [3.8, 4) is 0 Å². The fourth-order valence-corrected chi connectivity index (χ4v) is 3.65. The van der Waals surface area contributed by atoms with Gasteiger partial charge in [0, 0.05) is 5.88 Å². The van der Waals surface area contributed by atoms with Gasteiger partial charge in [0.2, 0.25) is 0 Å². The van der Waals surface area contributed by atoms with Crippen LogP contribution in [0.4, 0.5) is 0 Å². The highest BCUT2D eigenvalue weighted by atomic mass is 35.5. The van der Waals surface area contributed by atoms with Crippen molar-refractivity contribution in [3.05, 3.63) is 22.4 Å². The molecule has 0 spiro atoms. The predicted molar refractivity (Wildman–Crippen MR) is 72.4 cm³/mol. The Hall–Kier alpha value is -0.0500. The number of halogens is 1. The van der Waals surface area contributed by atoms with Gasteiger partial charge in [-0.2, -0.15) is 11.3 Å². The number of nitrogens with one attached hydrogen (secondary N) is 1. The van der Waals surface area contributed by atoms with E-state index in [1.807, 2.05) is 0 Å². The summed E-state index contributed by atoms with van der Waals surface area (Å²) in [6.45, 7) is 2.25. The van der Waals surface area contributed by atoms with Crippen LogP contribution in [0.25, 0.3) is 0 Å². The first kappa shape index (κ1) is 12.4. The first-order valence-electron chi connectivity index (χ1n) is 6.18. The third kappa shape index (κ3) is 3.47. The van der Waals surface area contributed by atoms with Gasteiger partial charge in [0.25, 0.3) is 0 Å². The zero-order valence-corrected chi connectivity index (χ0v) is 11.2. The van der Waals surface area contributed by atoms with Gasteiger partial charge in [-0.15, -0.1) is 11.6 Å². The molecule has 90 valence electrons. The molecule has 0 saturated heterocycles. The quantitative estimate of drug-likeness (QED) is 0.607. The van der Waals surface area contributed by atoms with Gasteiger partial charge >= 0.3 is 0 Å². The smallest absolute Gasteiger partial charge is 0.0254 e. The standard InChI is InChI=1S/C13H20ClNS/c14-8-12-2-1-3-13(12)9-15-6-4-11-5-7-16-10-11/h5,7,10,12-13,15H,1-4,6,8-9H2. The number of hydrogen-bond donors (Lipinski definition) is 1. The molecule has 1 aromatic heterocycles. The molecule has 0 aliphatic heterocycles. The van der Waals surface area contributed by atoms with Gasteiger partial charge in [0.15, 0.2) is 0 Å². The molecule has 1 aromatic rings. The molecule has 3 heteroatoms. The Balaban J connectivity index is 1.61. The van der Waals surface area contributed by atoms with Crippen molar-refractivity contribution in [2.24, 2.45) is 11.8 Å². The van der Waals surface area contributed by atoms with Crippen molar-refractivity contribution in [1.29, 1.82) is 0 Å². The fraction of sp³-hybridized carbons (Fsp3) is 0.692. The van der Waals surface area contributed by atoms with E-state index in [4.69, 9.17) is 11.6 Å². The second kappa shape index (κ2) is 6.63. The summed E-state index contributed by atoms with van der Waals surface area (Å²) in [5.74, 6) is 2.42. The maximum Gasteiger partial charge on any atom is 0.0254 e. The molecule has 1 nitrogen and oxygen atoms in total. The van der Waals surface area contributed by atoms with E-state index in [-0.39, 0.29) is 0 Å². The highest BCUT2D eigenvalue weighted by Crippen LogP contribution is 2.31. The lowest BCUT2D eigenvalue weighted by atomic mass is 9.98. The summed E-state index contributed by atoms with van der Waals surface area (Å²) in [5.41, 5.74) is 1.46. The van der Waals surface area contributed by atoms with Crippen molar-refractivity contribution in [1.82, 2.24) is 5.32 Å². The van der Waals surface area contributed by atoms with Crippen molar-refractivity contribution in [3.63, 3.8) is 0 Å². The second-order valence-electron chi connectivity index (χ2n) is 4.69. The first-order chi connectivity index (χ1) is 7.90. The van der Waals surface area contributed by atoms with Crippen molar-refractivity contribution < 1.29 is 0 Å². The Kier molecular flexibility index (Phi) is 5.14. The average Bonchev–Trinajstić information content (AvgIpc) is 2.95. The number of hydrogen-bond acceptors (Lipinski definition) is 2. The molecule has 0 bridgehead atoms. The molecule has 2 rings (SSSR count). The van der Waals surface area contributed by atoms with Crippen LogP contribution < -0.4 is 5.32 Å². The fourth-order valence-electron chi connectivity index (χ4n) is 2.54. The number of thiophene rings is 1. The molecule has 0 amide bonds. The Morgan fingerprint density at radius 1 is 1.38 bits per heavy atom. The van der Waals surface area contributed by atoms with Crippen LogP contribution in [-0.2, 0) is 6.42 Å². The first-order valence-corrected chi connectivity index (χ1v) is 7.65. The topological polar surface area (TPSA) is 12.0 Å². The molecular weight excluding hydrogens is 238 g/mol. The molecule has 1 saturated carbocycles. The average molecular weight is 258 g/mol. The van der Waals surface area contributed by atoms with E-state index in [9.17, 15) is 0 Å². The molecule has 0 aromatic carbocycles. The molecule has 1 heterocycles. The monoisotopic (exact) mass is 257 g/mol. The SMILES string of the molecule is ClCC1CCCC1CNCCc1ccsc1. The van der Waals surface area contributed by atoms with E-state index >= 15 is 0 Å². The Morgan fingerprint density at radius 3 is 3.00 bits per heavy atom.